The first-order valence-electron chi connectivity index (χ1n) is 8.03. The van der Waals surface area contributed by atoms with Gasteiger partial charge in [0.05, 0.1) is 15.8 Å². The van der Waals surface area contributed by atoms with E-state index in [9.17, 15) is 13.2 Å². The number of rotatable bonds is 8. The van der Waals surface area contributed by atoms with Gasteiger partial charge < -0.3 is 4.90 Å². The number of amides is 1. The average molecular weight is 413 g/mol. The summed E-state index contributed by atoms with van der Waals surface area (Å²) < 4.78 is 27.6. The zero-order valence-corrected chi connectivity index (χ0v) is 17.0. The van der Waals surface area contributed by atoms with Gasteiger partial charge in [0.1, 0.15) is 0 Å². The molecule has 1 N–H and O–H groups in total. The van der Waals surface area contributed by atoms with Crippen LogP contribution in [0, 0.1) is 6.92 Å². The van der Waals surface area contributed by atoms with Gasteiger partial charge >= 0.3 is 0 Å². The van der Waals surface area contributed by atoms with Crippen LogP contribution in [-0.2, 0) is 16.6 Å². The third-order valence-electron chi connectivity index (χ3n) is 3.70. The monoisotopic (exact) mass is 412 g/mol. The Kier molecular flexibility index (Phi) is 7.00. The lowest BCUT2D eigenvalue weighted by molar-refractivity contribution is 0.0763. The van der Waals surface area contributed by atoms with Crippen molar-refractivity contribution in [3.63, 3.8) is 0 Å². The third-order valence-corrected chi connectivity index (χ3v) is 6.46. The number of hydrogen-bond donors (Lipinski definition) is 1. The van der Waals surface area contributed by atoms with E-state index in [0.29, 0.717) is 28.6 Å². The molecular weight excluding hydrogens is 392 g/mol. The van der Waals surface area contributed by atoms with E-state index in [-0.39, 0.29) is 17.3 Å². The Balaban J connectivity index is 2.37. The average Bonchev–Trinajstić information content (AvgIpc) is 2.99. The normalized spacial score (nSPS) is 11.3. The maximum Gasteiger partial charge on any atom is 0.254 e. The van der Waals surface area contributed by atoms with Gasteiger partial charge in [-0.15, -0.1) is 17.9 Å². The van der Waals surface area contributed by atoms with E-state index in [1.165, 1.54) is 23.5 Å². The third kappa shape index (κ3) is 4.94. The standard InChI is InChI=1S/C18H21ClN2O3S2/c1-4-10-21(12-14-7-9-17(19)25-14)18(22)16-11-15(8-6-13(16)3)26(23,24)20-5-2/h4,6-9,11,20H,1,5,10,12H2,2-3H3. The molecule has 1 heterocycles. The van der Waals surface area contributed by atoms with Crippen molar-refractivity contribution < 1.29 is 13.2 Å². The lowest BCUT2D eigenvalue weighted by Gasteiger charge is -2.22. The van der Waals surface area contributed by atoms with E-state index in [2.05, 4.69) is 11.3 Å². The van der Waals surface area contributed by atoms with Gasteiger partial charge in [0, 0.05) is 23.5 Å². The predicted octanol–water partition coefficient (Wildman–Crippen LogP) is 3.84. The molecule has 0 spiro atoms. The zero-order valence-electron chi connectivity index (χ0n) is 14.7. The predicted molar refractivity (Wildman–Crippen MR) is 106 cm³/mol. The molecule has 0 bridgehead atoms. The SMILES string of the molecule is C=CCN(Cc1ccc(Cl)s1)C(=O)c1cc(S(=O)(=O)NCC)ccc1C. The molecule has 1 aromatic carbocycles. The molecule has 0 saturated heterocycles. The second-order valence-corrected chi connectivity index (χ2v) is 9.22. The summed E-state index contributed by atoms with van der Waals surface area (Å²) in [6, 6.07) is 8.22. The van der Waals surface area contributed by atoms with Crippen LogP contribution in [0.5, 0.6) is 0 Å². The summed E-state index contributed by atoms with van der Waals surface area (Å²) in [5.41, 5.74) is 1.07. The quantitative estimate of drug-likeness (QED) is 0.670. The summed E-state index contributed by atoms with van der Waals surface area (Å²) in [6.07, 6.45) is 1.64. The van der Waals surface area contributed by atoms with E-state index < -0.39 is 10.0 Å². The van der Waals surface area contributed by atoms with E-state index in [1.54, 1.807) is 37.0 Å². The number of halogens is 1. The molecule has 0 saturated carbocycles. The number of nitrogens with one attached hydrogen (secondary N) is 1. The number of aryl methyl sites for hydroxylation is 1. The molecule has 0 aliphatic heterocycles. The molecule has 0 radical (unpaired) electrons. The van der Waals surface area contributed by atoms with Crippen LogP contribution in [0.1, 0.15) is 27.7 Å². The van der Waals surface area contributed by atoms with Gasteiger partial charge in [-0.1, -0.05) is 30.7 Å². The van der Waals surface area contributed by atoms with Crippen LogP contribution in [0.15, 0.2) is 47.9 Å². The lowest BCUT2D eigenvalue weighted by atomic mass is 10.1. The largest absolute Gasteiger partial charge is 0.330 e. The molecule has 0 atom stereocenters. The molecule has 140 valence electrons. The van der Waals surface area contributed by atoms with Crippen molar-refractivity contribution in [3.05, 3.63) is 63.3 Å². The van der Waals surface area contributed by atoms with Crippen molar-refractivity contribution in [1.29, 1.82) is 0 Å². The maximum absolute atomic E-state index is 13.0. The molecule has 0 aliphatic rings. The zero-order chi connectivity index (χ0) is 19.3. The summed E-state index contributed by atoms with van der Waals surface area (Å²) in [5, 5.41) is 0. The number of benzene rings is 1. The highest BCUT2D eigenvalue weighted by molar-refractivity contribution is 7.89. The second-order valence-electron chi connectivity index (χ2n) is 5.66. The van der Waals surface area contributed by atoms with E-state index in [4.69, 9.17) is 11.6 Å². The topological polar surface area (TPSA) is 66.5 Å². The fourth-order valence-electron chi connectivity index (χ4n) is 2.44. The van der Waals surface area contributed by atoms with Crippen LogP contribution in [-0.4, -0.2) is 32.3 Å². The van der Waals surface area contributed by atoms with Gasteiger partial charge in [-0.2, -0.15) is 0 Å². The van der Waals surface area contributed by atoms with E-state index in [1.807, 2.05) is 6.07 Å². The van der Waals surface area contributed by atoms with Gasteiger partial charge in [-0.05, 0) is 36.8 Å². The molecular formula is C18H21ClN2O3S2. The van der Waals surface area contributed by atoms with Gasteiger partial charge in [0.2, 0.25) is 10.0 Å². The van der Waals surface area contributed by atoms with E-state index in [0.717, 1.165) is 4.88 Å². The molecule has 26 heavy (non-hydrogen) atoms. The Bertz CT molecular complexity index is 907. The Morgan fingerprint density at radius 3 is 2.65 bits per heavy atom. The highest BCUT2D eigenvalue weighted by atomic mass is 35.5. The molecule has 2 rings (SSSR count). The van der Waals surface area contributed by atoms with Crippen molar-refractivity contribution in [2.75, 3.05) is 13.1 Å². The van der Waals surface area contributed by atoms with Crippen molar-refractivity contribution in [3.8, 4) is 0 Å². The molecule has 8 heteroatoms. The molecule has 1 amide bonds. The fraction of sp³-hybridized carbons (Fsp3) is 0.278. The number of hydrogen-bond acceptors (Lipinski definition) is 4. The van der Waals surface area contributed by atoms with Crippen LogP contribution in [0.2, 0.25) is 4.34 Å². The van der Waals surface area contributed by atoms with Crippen LogP contribution in [0.25, 0.3) is 0 Å². The number of carbonyl (C=O) groups excluding carboxylic acids is 1. The van der Waals surface area contributed by atoms with Gasteiger partial charge in [0.15, 0.2) is 0 Å². The molecule has 1 aromatic heterocycles. The molecule has 0 fully saturated rings. The first kappa shape index (κ1) is 20.6. The van der Waals surface area contributed by atoms with Gasteiger partial charge in [-0.3, -0.25) is 4.79 Å². The summed E-state index contributed by atoms with van der Waals surface area (Å²) >= 11 is 7.37. The van der Waals surface area contributed by atoms with Crippen LogP contribution >= 0.6 is 22.9 Å². The van der Waals surface area contributed by atoms with Crippen molar-refractivity contribution in [2.45, 2.75) is 25.3 Å². The van der Waals surface area contributed by atoms with Crippen molar-refractivity contribution >= 4 is 38.9 Å². The van der Waals surface area contributed by atoms with Crippen molar-refractivity contribution in [2.24, 2.45) is 0 Å². The minimum atomic E-state index is -3.63. The number of carbonyl (C=O) groups is 1. The highest BCUT2D eigenvalue weighted by Crippen LogP contribution is 2.24. The summed E-state index contributed by atoms with van der Waals surface area (Å²) in [6.45, 7) is 8.20. The summed E-state index contributed by atoms with van der Waals surface area (Å²) in [5.74, 6) is -0.250. The minimum Gasteiger partial charge on any atom is -0.330 e. The Morgan fingerprint density at radius 1 is 1.35 bits per heavy atom. The Labute approximate surface area is 163 Å². The first-order chi connectivity index (χ1) is 12.3. The second kappa shape index (κ2) is 8.81. The minimum absolute atomic E-state index is 0.0750. The molecule has 0 aliphatic carbocycles. The number of sulfonamides is 1. The highest BCUT2D eigenvalue weighted by Gasteiger charge is 2.21. The number of thiophene rings is 1. The number of nitrogens with zero attached hydrogens (tertiary/aromatic N) is 1. The Hall–Kier alpha value is -1.67. The van der Waals surface area contributed by atoms with Crippen LogP contribution in [0.3, 0.4) is 0 Å². The van der Waals surface area contributed by atoms with Gasteiger partial charge in [0.25, 0.3) is 5.91 Å². The molecule has 2 aromatic rings. The van der Waals surface area contributed by atoms with Gasteiger partial charge in [-0.25, -0.2) is 13.1 Å². The smallest absolute Gasteiger partial charge is 0.254 e. The fourth-order valence-corrected chi connectivity index (χ4v) is 4.61. The summed E-state index contributed by atoms with van der Waals surface area (Å²) in [7, 11) is -3.63. The van der Waals surface area contributed by atoms with Crippen LogP contribution in [0.4, 0.5) is 0 Å². The lowest BCUT2D eigenvalue weighted by Crippen LogP contribution is -2.31. The summed E-state index contributed by atoms with van der Waals surface area (Å²) in [4.78, 5) is 15.7. The maximum atomic E-state index is 13.0. The Morgan fingerprint density at radius 2 is 2.08 bits per heavy atom. The van der Waals surface area contributed by atoms with Crippen LogP contribution < -0.4 is 4.72 Å². The first-order valence-corrected chi connectivity index (χ1v) is 10.7. The van der Waals surface area contributed by atoms with Crippen molar-refractivity contribution in [1.82, 2.24) is 9.62 Å². The molecule has 0 unspecified atom stereocenters. The van der Waals surface area contributed by atoms with E-state index >= 15 is 0 Å². The molecule has 5 nitrogen and oxygen atoms in total.